The summed E-state index contributed by atoms with van der Waals surface area (Å²) in [5.41, 5.74) is 5.39. The fourth-order valence-electron chi connectivity index (χ4n) is 3.32. The van der Waals surface area contributed by atoms with E-state index in [9.17, 15) is 0 Å². The molecule has 4 rings (SSSR count). The van der Waals surface area contributed by atoms with Gasteiger partial charge in [0, 0.05) is 28.3 Å². The summed E-state index contributed by atoms with van der Waals surface area (Å²) >= 11 is 9.54. The molecule has 0 N–H and O–H groups in total. The number of thioether (sulfide) groups is 1. The number of halogens is 1. The highest BCUT2D eigenvalue weighted by atomic mass is 35.5. The normalized spacial score (nSPS) is 11.0. The lowest BCUT2D eigenvalue weighted by atomic mass is 10.1. The number of benzene rings is 2. The van der Waals surface area contributed by atoms with Crippen LogP contribution in [0.15, 0.2) is 59.6 Å². The molecule has 2 aromatic heterocycles. The minimum absolute atomic E-state index is 0.316. The fraction of sp³-hybridized carbons (Fsp3) is 0.240. The van der Waals surface area contributed by atoms with Crippen molar-refractivity contribution in [2.24, 2.45) is 0 Å². The zero-order valence-electron chi connectivity index (χ0n) is 18.8. The van der Waals surface area contributed by atoms with Crippen LogP contribution in [0.3, 0.4) is 0 Å². The Kier molecular flexibility index (Phi) is 7.53. The number of allylic oxidation sites excluding steroid dienone is 1. The summed E-state index contributed by atoms with van der Waals surface area (Å²) in [6.07, 6.45) is 1.84. The van der Waals surface area contributed by atoms with Crippen molar-refractivity contribution >= 4 is 34.7 Å². The Hall–Kier alpha value is -2.61. The molecule has 0 atom stereocenters. The monoisotopic (exact) mass is 496 g/mol. The van der Waals surface area contributed by atoms with Gasteiger partial charge >= 0.3 is 0 Å². The van der Waals surface area contributed by atoms with Gasteiger partial charge in [-0.1, -0.05) is 59.3 Å². The average Bonchev–Trinajstić information content (AvgIpc) is 3.42. The maximum Gasteiger partial charge on any atom is 0.191 e. The largest absolute Gasteiger partial charge is 0.486 e. The lowest BCUT2D eigenvalue weighted by Crippen LogP contribution is -2.07. The summed E-state index contributed by atoms with van der Waals surface area (Å²) in [5.74, 6) is 2.23. The van der Waals surface area contributed by atoms with Gasteiger partial charge in [0.1, 0.15) is 17.4 Å². The molecule has 0 saturated carbocycles. The van der Waals surface area contributed by atoms with Gasteiger partial charge in [-0.3, -0.25) is 4.57 Å². The van der Waals surface area contributed by atoms with Gasteiger partial charge in [-0.15, -0.1) is 28.1 Å². The van der Waals surface area contributed by atoms with Gasteiger partial charge in [-0.25, -0.2) is 4.98 Å². The molecule has 0 saturated heterocycles. The number of aryl methyl sites for hydroxylation is 3. The molecular formula is C25H25ClN4OS2. The van der Waals surface area contributed by atoms with Crippen molar-refractivity contribution in [3.63, 3.8) is 0 Å². The molecule has 0 spiro atoms. The molecule has 0 aliphatic heterocycles. The molecule has 0 aliphatic carbocycles. The minimum Gasteiger partial charge on any atom is -0.486 e. The molecule has 5 nitrogen and oxygen atoms in total. The van der Waals surface area contributed by atoms with E-state index in [0.29, 0.717) is 18.9 Å². The van der Waals surface area contributed by atoms with Crippen LogP contribution in [0.2, 0.25) is 5.02 Å². The number of hydrogen-bond donors (Lipinski definition) is 0. The van der Waals surface area contributed by atoms with Crippen molar-refractivity contribution in [1.82, 2.24) is 19.7 Å². The van der Waals surface area contributed by atoms with Crippen LogP contribution < -0.4 is 4.74 Å². The third-order valence-electron chi connectivity index (χ3n) is 5.08. The number of rotatable bonds is 9. The maximum atomic E-state index is 6.26. The van der Waals surface area contributed by atoms with Crippen LogP contribution in [0.25, 0.3) is 10.6 Å². The summed E-state index contributed by atoms with van der Waals surface area (Å²) in [5, 5.41) is 13.5. The molecule has 0 unspecified atom stereocenters. The third kappa shape index (κ3) is 5.66. The first-order chi connectivity index (χ1) is 15.9. The molecule has 2 heterocycles. The van der Waals surface area contributed by atoms with Crippen LogP contribution >= 0.6 is 34.7 Å². The fourth-order valence-corrected chi connectivity index (χ4v) is 5.22. The summed E-state index contributed by atoms with van der Waals surface area (Å²) in [6, 6.07) is 12.3. The van der Waals surface area contributed by atoms with Crippen LogP contribution in [-0.2, 0) is 18.9 Å². The van der Waals surface area contributed by atoms with Gasteiger partial charge in [0.15, 0.2) is 11.0 Å². The van der Waals surface area contributed by atoms with Gasteiger partial charge in [0.2, 0.25) is 0 Å². The second-order valence-electron chi connectivity index (χ2n) is 7.76. The van der Waals surface area contributed by atoms with Crippen molar-refractivity contribution < 1.29 is 4.74 Å². The number of thiazole rings is 1. The quantitative estimate of drug-likeness (QED) is 0.184. The lowest BCUT2D eigenvalue weighted by Gasteiger charge is -2.11. The van der Waals surface area contributed by atoms with Crippen LogP contribution in [-0.4, -0.2) is 19.7 Å². The van der Waals surface area contributed by atoms with Crippen molar-refractivity contribution in [1.29, 1.82) is 0 Å². The summed E-state index contributed by atoms with van der Waals surface area (Å²) < 4.78 is 8.02. The van der Waals surface area contributed by atoms with Gasteiger partial charge in [0.25, 0.3) is 0 Å². The second kappa shape index (κ2) is 10.5. The predicted octanol–water partition coefficient (Wildman–Crippen LogP) is 7.04. The summed E-state index contributed by atoms with van der Waals surface area (Å²) in [7, 11) is 0. The zero-order chi connectivity index (χ0) is 23.4. The molecule has 8 heteroatoms. The third-order valence-corrected chi connectivity index (χ3v) is 7.62. The zero-order valence-corrected chi connectivity index (χ0v) is 21.2. The number of nitrogens with zero attached hydrogens (tertiary/aromatic N) is 4. The number of hydrogen-bond acceptors (Lipinski definition) is 6. The van der Waals surface area contributed by atoms with Crippen molar-refractivity contribution in [3.05, 3.63) is 87.7 Å². The van der Waals surface area contributed by atoms with E-state index in [2.05, 4.69) is 53.3 Å². The van der Waals surface area contributed by atoms with Gasteiger partial charge in [-0.05, 0) is 44.0 Å². The van der Waals surface area contributed by atoms with Crippen LogP contribution in [0.4, 0.5) is 0 Å². The van der Waals surface area contributed by atoms with Crippen LogP contribution in [0.5, 0.6) is 5.75 Å². The molecule has 0 amide bonds. The van der Waals surface area contributed by atoms with Crippen LogP contribution in [0.1, 0.15) is 28.2 Å². The Morgan fingerprint density at radius 1 is 1.12 bits per heavy atom. The van der Waals surface area contributed by atoms with Gasteiger partial charge < -0.3 is 4.74 Å². The van der Waals surface area contributed by atoms with Gasteiger partial charge in [-0.2, -0.15) is 0 Å². The molecule has 0 radical (unpaired) electrons. The first-order valence-electron chi connectivity index (χ1n) is 10.5. The lowest BCUT2D eigenvalue weighted by molar-refractivity contribution is 0.289. The van der Waals surface area contributed by atoms with Crippen molar-refractivity contribution in [3.8, 4) is 16.3 Å². The van der Waals surface area contributed by atoms with Gasteiger partial charge in [0.05, 0.1) is 5.69 Å². The van der Waals surface area contributed by atoms with E-state index in [1.807, 2.05) is 36.6 Å². The Morgan fingerprint density at radius 3 is 2.55 bits per heavy atom. The molecule has 33 heavy (non-hydrogen) atoms. The van der Waals surface area contributed by atoms with E-state index in [-0.39, 0.29) is 0 Å². The highest BCUT2D eigenvalue weighted by molar-refractivity contribution is 7.98. The Labute approximate surface area is 207 Å². The SMILES string of the molecule is C=CCn1c(COc2cc(C)c(Cl)c(C)c2)nnc1SCc1csc(-c2ccc(C)cc2)n1. The number of aromatic nitrogens is 4. The van der Waals surface area contributed by atoms with Crippen molar-refractivity contribution in [2.45, 2.75) is 44.8 Å². The molecule has 2 aromatic carbocycles. The first-order valence-corrected chi connectivity index (χ1v) is 12.8. The molecule has 170 valence electrons. The minimum atomic E-state index is 0.316. The van der Waals surface area contributed by atoms with Crippen LogP contribution in [0, 0.1) is 20.8 Å². The molecule has 4 aromatic rings. The predicted molar refractivity (Wildman–Crippen MR) is 137 cm³/mol. The molecule has 0 aliphatic rings. The first kappa shape index (κ1) is 23.5. The topological polar surface area (TPSA) is 52.8 Å². The van der Waals surface area contributed by atoms with E-state index in [1.165, 1.54) is 5.56 Å². The van der Waals surface area contributed by atoms with E-state index >= 15 is 0 Å². The van der Waals surface area contributed by atoms with Crippen molar-refractivity contribution in [2.75, 3.05) is 0 Å². The molecule has 0 bridgehead atoms. The maximum absolute atomic E-state index is 6.26. The molecule has 0 fully saturated rings. The smallest absolute Gasteiger partial charge is 0.191 e. The standard InChI is InChI=1S/C25H25ClN4OS2/c1-5-10-30-22(13-31-21-11-17(3)23(26)18(4)12-21)28-29-25(30)33-15-20-14-32-24(27-20)19-8-6-16(2)7-9-19/h5-9,11-12,14H,1,10,13,15H2,2-4H3. The second-order valence-corrected chi connectivity index (χ2v) is 9.94. The van der Waals surface area contributed by atoms with E-state index in [0.717, 1.165) is 49.1 Å². The summed E-state index contributed by atoms with van der Waals surface area (Å²) in [4.78, 5) is 4.79. The Morgan fingerprint density at radius 2 is 1.85 bits per heavy atom. The van der Waals surface area contributed by atoms with E-state index in [4.69, 9.17) is 21.3 Å². The van der Waals surface area contributed by atoms with E-state index in [1.54, 1.807) is 23.1 Å². The Bertz CT molecular complexity index is 1240. The highest BCUT2D eigenvalue weighted by Crippen LogP contribution is 2.29. The molecular weight excluding hydrogens is 472 g/mol. The number of ether oxygens (including phenoxy) is 1. The summed E-state index contributed by atoms with van der Waals surface area (Å²) in [6.45, 7) is 10.8. The Balaban J connectivity index is 1.43. The highest BCUT2D eigenvalue weighted by Gasteiger charge is 2.14. The average molecular weight is 497 g/mol. The van der Waals surface area contributed by atoms with E-state index < -0.39 is 0 Å².